The third-order valence-electron chi connectivity index (χ3n) is 3.58. The predicted molar refractivity (Wildman–Crippen MR) is 76.1 cm³/mol. The number of anilines is 1. The van der Waals surface area contributed by atoms with Crippen LogP contribution in [0.3, 0.4) is 0 Å². The van der Waals surface area contributed by atoms with Crippen LogP contribution in [-0.2, 0) is 4.79 Å². The fraction of sp³-hybridized carbons (Fsp3) is 0.467. The van der Waals surface area contributed by atoms with Gasteiger partial charge >= 0.3 is 0 Å². The first kappa shape index (κ1) is 14.4. The first-order chi connectivity index (χ1) is 9.70. The Labute approximate surface area is 118 Å². The highest BCUT2D eigenvalue weighted by Gasteiger charge is 2.28. The molecule has 5 nitrogen and oxygen atoms in total. The van der Waals surface area contributed by atoms with Crippen molar-refractivity contribution in [2.75, 3.05) is 11.9 Å². The van der Waals surface area contributed by atoms with Gasteiger partial charge in [0.2, 0.25) is 5.91 Å². The number of nitrogens with two attached hydrogens (primary N) is 1. The van der Waals surface area contributed by atoms with Crippen molar-refractivity contribution >= 4 is 11.6 Å². The van der Waals surface area contributed by atoms with Crippen LogP contribution in [0.5, 0.6) is 5.75 Å². The second kappa shape index (κ2) is 6.92. The summed E-state index contributed by atoms with van der Waals surface area (Å²) < 4.78 is 5.15. The molecule has 1 aliphatic rings. The molecule has 2 atom stereocenters. The summed E-state index contributed by atoms with van der Waals surface area (Å²) in [7, 11) is 0. The summed E-state index contributed by atoms with van der Waals surface area (Å²) in [6, 6.07) is 8.85. The van der Waals surface area contributed by atoms with Gasteiger partial charge in [-0.25, -0.2) is 0 Å². The molecule has 1 amide bonds. The van der Waals surface area contributed by atoms with Crippen molar-refractivity contribution in [3.8, 4) is 11.8 Å². The molecule has 0 aliphatic heterocycles. The number of benzene rings is 1. The van der Waals surface area contributed by atoms with Crippen LogP contribution < -0.4 is 15.8 Å². The second-order valence-corrected chi connectivity index (χ2v) is 5.02. The molecule has 2 unspecified atom stereocenters. The Bertz CT molecular complexity index is 493. The Balaban J connectivity index is 1.92. The van der Waals surface area contributed by atoms with Crippen LogP contribution in [0, 0.1) is 17.2 Å². The third-order valence-corrected chi connectivity index (χ3v) is 3.58. The average Bonchev–Trinajstić information content (AvgIpc) is 2.47. The van der Waals surface area contributed by atoms with Crippen molar-refractivity contribution in [1.29, 1.82) is 5.26 Å². The number of nitrogens with zero attached hydrogens (tertiary/aromatic N) is 1. The van der Waals surface area contributed by atoms with Crippen molar-refractivity contribution in [1.82, 2.24) is 0 Å². The maximum Gasteiger partial charge on any atom is 0.229 e. The number of amides is 1. The van der Waals surface area contributed by atoms with Crippen molar-refractivity contribution in [2.24, 2.45) is 11.7 Å². The number of nitriles is 1. The lowest BCUT2D eigenvalue weighted by atomic mass is 9.84. The zero-order valence-electron chi connectivity index (χ0n) is 11.3. The fourth-order valence-corrected chi connectivity index (χ4v) is 2.47. The normalized spacial score (nSPS) is 21.8. The van der Waals surface area contributed by atoms with E-state index in [9.17, 15) is 4.79 Å². The summed E-state index contributed by atoms with van der Waals surface area (Å²) in [5.74, 6) is 0.500. The molecule has 0 saturated heterocycles. The van der Waals surface area contributed by atoms with Gasteiger partial charge in [0.05, 0.1) is 5.92 Å². The molecule has 0 aromatic heterocycles. The molecule has 106 valence electrons. The molecule has 2 rings (SSSR count). The SMILES string of the molecule is N#CCOc1ccc(NC(=O)C2CCCCC2N)cc1. The molecule has 1 saturated carbocycles. The van der Waals surface area contributed by atoms with E-state index < -0.39 is 0 Å². The third kappa shape index (κ3) is 3.72. The summed E-state index contributed by atoms with van der Waals surface area (Å²) >= 11 is 0. The van der Waals surface area contributed by atoms with E-state index in [-0.39, 0.29) is 24.5 Å². The van der Waals surface area contributed by atoms with Crippen molar-refractivity contribution in [3.63, 3.8) is 0 Å². The maximum atomic E-state index is 12.2. The summed E-state index contributed by atoms with van der Waals surface area (Å²) in [4.78, 5) is 12.2. The summed E-state index contributed by atoms with van der Waals surface area (Å²) in [6.45, 7) is 0.0165. The number of hydrogen-bond donors (Lipinski definition) is 2. The monoisotopic (exact) mass is 273 g/mol. The predicted octanol–water partition coefficient (Wildman–Crippen LogP) is 2.04. The molecule has 1 aromatic rings. The van der Waals surface area contributed by atoms with E-state index in [1.54, 1.807) is 24.3 Å². The van der Waals surface area contributed by atoms with Crippen LogP contribution in [-0.4, -0.2) is 18.6 Å². The highest BCUT2D eigenvalue weighted by molar-refractivity contribution is 5.93. The molecule has 1 aromatic carbocycles. The largest absolute Gasteiger partial charge is 0.479 e. The van der Waals surface area contributed by atoms with E-state index in [0.29, 0.717) is 5.75 Å². The molecular formula is C15H19N3O2. The maximum absolute atomic E-state index is 12.2. The number of carbonyl (C=O) groups is 1. The first-order valence-corrected chi connectivity index (χ1v) is 6.87. The van der Waals surface area contributed by atoms with E-state index in [0.717, 1.165) is 31.4 Å². The van der Waals surface area contributed by atoms with Gasteiger partial charge in [-0.15, -0.1) is 0 Å². The minimum absolute atomic E-state index is 0.0112. The zero-order valence-corrected chi connectivity index (χ0v) is 11.3. The highest BCUT2D eigenvalue weighted by atomic mass is 16.5. The van der Waals surface area contributed by atoms with Gasteiger partial charge in [0, 0.05) is 11.7 Å². The minimum Gasteiger partial charge on any atom is -0.479 e. The molecule has 3 N–H and O–H groups in total. The Morgan fingerprint density at radius 3 is 2.70 bits per heavy atom. The fourth-order valence-electron chi connectivity index (χ4n) is 2.47. The van der Waals surface area contributed by atoms with Crippen LogP contribution in [0.2, 0.25) is 0 Å². The molecule has 20 heavy (non-hydrogen) atoms. The Hall–Kier alpha value is -2.06. The van der Waals surface area contributed by atoms with Crippen LogP contribution in [0.4, 0.5) is 5.69 Å². The van der Waals surface area contributed by atoms with Crippen LogP contribution in [0.1, 0.15) is 25.7 Å². The first-order valence-electron chi connectivity index (χ1n) is 6.87. The lowest BCUT2D eigenvalue weighted by molar-refractivity contribution is -0.121. The smallest absolute Gasteiger partial charge is 0.229 e. The lowest BCUT2D eigenvalue weighted by Crippen LogP contribution is -2.40. The number of hydrogen-bond acceptors (Lipinski definition) is 4. The summed E-state index contributed by atoms with van der Waals surface area (Å²) in [5.41, 5.74) is 6.72. The molecule has 1 fully saturated rings. The Morgan fingerprint density at radius 1 is 1.35 bits per heavy atom. The van der Waals surface area contributed by atoms with E-state index in [1.807, 2.05) is 6.07 Å². The summed E-state index contributed by atoms with van der Waals surface area (Å²) in [6.07, 6.45) is 3.94. The second-order valence-electron chi connectivity index (χ2n) is 5.02. The van der Waals surface area contributed by atoms with Gasteiger partial charge < -0.3 is 15.8 Å². The average molecular weight is 273 g/mol. The van der Waals surface area contributed by atoms with Gasteiger partial charge in [0.25, 0.3) is 0 Å². The Morgan fingerprint density at radius 2 is 2.05 bits per heavy atom. The number of carbonyl (C=O) groups excluding carboxylic acids is 1. The number of nitrogens with one attached hydrogen (secondary N) is 1. The lowest BCUT2D eigenvalue weighted by Gasteiger charge is -2.27. The molecule has 0 bridgehead atoms. The van der Waals surface area contributed by atoms with Crippen molar-refractivity contribution in [2.45, 2.75) is 31.7 Å². The summed E-state index contributed by atoms with van der Waals surface area (Å²) in [5, 5.41) is 11.3. The van der Waals surface area contributed by atoms with E-state index >= 15 is 0 Å². The van der Waals surface area contributed by atoms with Crippen LogP contribution in [0.15, 0.2) is 24.3 Å². The Kier molecular flexibility index (Phi) is 4.97. The quantitative estimate of drug-likeness (QED) is 0.878. The van der Waals surface area contributed by atoms with Crippen LogP contribution in [0.25, 0.3) is 0 Å². The molecule has 0 radical (unpaired) electrons. The molecule has 0 heterocycles. The molecule has 1 aliphatic carbocycles. The highest BCUT2D eigenvalue weighted by Crippen LogP contribution is 2.24. The van der Waals surface area contributed by atoms with Gasteiger partial charge in [-0.2, -0.15) is 5.26 Å². The minimum atomic E-state index is -0.0988. The number of rotatable bonds is 4. The molecular weight excluding hydrogens is 254 g/mol. The topological polar surface area (TPSA) is 88.1 Å². The number of ether oxygens (including phenoxy) is 1. The standard InChI is InChI=1S/C15H19N3O2/c16-9-10-20-12-7-5-11(6-8-12)18-15(19)13-3-1-2-4-14(13)17/h5-8,13-14H,1-4,10,17H2,(H,18,19). The van der Waals surface area contributed by atoms with E-state index in [4.69, 9.17) is 15.7 Å². The van der Waals surface area contributed by atoms with Gasteiger partial charge in [-0.3, -0.25) is 4.79 Å². The molecule has 0 spiro atoms. The van der Waals surface area contributed by atoms with Gasteiger partial charge in [-0.1, -0.05) is 12.8 Å². The van der Waals surface area contributed by atoms with E-state index in [1.165, 1.54) is 0 Å². The van der Waals surface area contributed by atoms with Gasteiger partial charge in [-0.05, 0) is 37.1 Å². The van der Waals surface area contributed by atoms with Gasteiger partial charge in [0.1, 0.15) is 11.8 Å². The zero-order chi connectivity index (χ0) is 14.4. The molecule has 5 heteroatoms. The van der Waals surface area contributed by atoms with E-state index in [2.05, 4.69) is 5.32 Å². The van der Waals surface area contributed by atoms with Gasteiger partial charge in [0.15, 0.2) is 6.61 Å². The van der Waals surface area contributed by atoms with Crippen molar-refractivity contribution in [3.05, 3.63) is 24.3 Å². The van der Waals surface area contributed by atoms with Crippen molar-refractivity contribution < 1.29 is 9.53 Å². The van der Waals surface area contributed by atoms with Crippen LogP contribution >= 0.6 is 0 Å².